The van der Waals surface area contributed by atoms with E-state index >= 15 is 0 Å². The third-order valence-corrected chi connectivity index (χ3v) is 4.57. The fourth-order valence-corrected chi connectivity index (χ4v) is 3.04. The zero-order valence-corrected chi connectivity index (χ0v) is 16.5. The van der Waals surface area contributed by atoms with Crippen molar-refractivity contribution < 1.29 is 8.78 Å². The first-order valence-electron chi connectivity index (χ1n) is 9.06. The fourth-order valence-electron chi connectivity index (χ4n) is 3.04. The SMILES string of the molecule is CNn1ncc2ccc(-c3nc(N)nc(NC(C)(C)c4ccn(C(F)F)n4)n3)cc21. The Hall–Kier alpha value is -3.83. The van der Waals surface area contributed by atoms with Crippen molar-refractivity contribution in [2.24, 2.45) is 0 Å². The number of nitrogens with zero attached hydrogens (tertiary/aromatic N) is 7. The molecule has 156 valence electrons. The molecule has 4 N–H and O–H groups in total. The molecule has 10 nitrogen and oxygen atoms in total. The Morgan fingerprint density at radius 1 is 1.13 bits per heavy atom. The van der Waals surface area contributed by atoms with E-state index in [0.29, 0.717) is 16.2 Å². The molecule has 1 aromatic carbocycles. The molecule has 0 aliphatic carbocycles. The highest BCUT2D eigenvalue weighted by molar-refractivity contribution is 5.83. The van der Waals surface area contributed by atoms with Gasteiger partial charge in [-0.15, -0.1) is 0 Å². The van der Waals surface area contributed by atoms with Crippen LogP contribution in [-0.4, -0.2) is 41.7 Å². The van der Waals surface area contributed by atoms with Gasteiger partial charge >= 0.3 is 6.55 Å². The van der Waals surface area contributed by atoms with Crippen LogP contribution in [0.4, 0.5) is 20.7 Å². The van der Waals surface area contributed by atoms with Gasteiger partial charge in [0.25, 0.3) is 0 Å². The fraction of sp³-hybridized carbons (Fsp3) is 0.278. The zero-order chi connectivity index (χ0) is 21.5. The molecule has 0 spiro atoms. The number of anilines is 2. The van der Waals surface area contributed by atoms with Crippen LogP contribution in [0.15, 0.2) is 36.7 Å². The molecule has 0 aliphatic heterocycles. The lowest BCUT2D eigenvalue weighted by Gasteiger charge is -2.24. The van der Waals surface area contributed by atoms with Crippen LogP contribution >= 0.6 is 0 Å². The van der Waals surface area contributed by atoms with E-state index in [2.05, 4.69) is 35.9 Å². The number of benzene rings is 1. The third kappa shape index (κ3) is 3.58. The maximum absolute atomic E-state index is 12.9. The summed E-state index contributed by atoms with van der Waals surface area (Å²) in [6, 6.07) is 7.15. The second-order valence-electron chi connectivity index (χ2n) is 7.10. The predicted octanol–water partition coefficient (Wildman–Crippen LogP) is 2.58. The normalized spacial score (nSPS) is 11.9. The van der Waals surface area contributed by atoms with Gasteiger partial charge in [-0.25, -0.2) is 4.68 Å². The quantitative estimate of drug-likeness (QED) is 0.440. The van der Waals surface area contributed by atoms with Crippen LogP contribution in [0.2, 0.25) is 0 Å². The lowest BCUT2D eigenvalue weighted by Crippen LogP contribution is -2.30. The minimum absolute atomic E-state index is 0.0265. The van der Waals surface area contributed by atoms with Crippen molar-refractivity contribution in [2.45, 2.75) is 25.9 Å². The Kier molecular flexibility index (Phi) is 4.68. The molecule has 0 amide bonds. The Morgan fingerprint density at radius 3 is 2.63 bits per heavy atom. The number of alkyl halides is 2. The third-order valence-electron chi connectivity index (χ3n) is 4.57. The molecule has 0 fully saturated rings. The second-order valence-corrected chi connectivity index (χ2v) is 7.10. The minimum atomic E-state index is -2.71. The molecule has 4 rings (SSSR count). The highest BCUT2D eigenvalue weighted by Crippen LogP contribution is 2.26. The van der Waals surface area contributed by atoms with Gasteiger partial charge in [-0.05, 0) is 26.0 Å². The van der Waals surface area contributed by atoms with Gasteiger partial charge in [-0.2, -0.15) is 38.7 Å². The van der Waals surface area contributed by atoms with Crippen molar-refractivity contribution in [3.8, 4) is 11.4 Å². The van der Waals surface area contributed by atoms with Crippen molar-refractivity contribution in [1.82, 2.24) is 34.6 Å². The number of fused-ring (bicyclic) bond motifs is 1. The van der Waals surface area contributed by atoms with Crippen molar-refractivity contribution in [3.05, 3.63) is 42.4 Å². The van der Waals surface area contributed by atoms with Gasteiger partial charge in [-0.3, -0.25) is 0 Å². The van der Waals surface area contributed by atoms with Gasteiger partial charge in [0.2, 0.25) is 11.9 Å². The first-order chi connectivity index (χ1) is 14.3. The summed E-state index contributed by atoms with van der Waals surface area (Å²) in [5, 5.41) is 12.2. The Bertz CT molecular complexity index is 1200. The lowest BCUT2D eigenvalue weighted by atomic mass is 10.0. The average molecular weight is 414 g/mol. The van der Waals surface area contributed by atoms with Crippen LogP contribution in [0.1, 0.15) is 26.1 Å². The highest BCUT2D eigenvalue weighted by Gasteiger charge is 2.26. The van der Waals surface area contributed by atoms with Gasteiger partial charge in [0, 0.05) is 24.2 Å². The number of hydrogen-bond donors (Lipinski definition) is 3. The van der Waals surface area contributed by atoms with E-state index in [4.69, 9.17) is 5.73 Å². The van der Waals surface area contributed by atoms with E-state index in [9.17, 15) is 8.78 Å². The van der Waals surface area contributed by atoms with Gasteiger partial charge in [0.1, 0.15) is 0 Å². The summed E-state index contributed by atoms with van der Waals surface area (Å²) in [4.78, 5) is 14.4. The van der Waals surface area contributed by atoms with Crippen LogP contribution in [0.5, 0.6) is 0 Å². The lowest BCUT2D eigenvalue weighted by molar-refractivity contribution is 0.0558. The number of nitrogens with one attached hydrogen (secondary N) is 2. The smallest absolute Gasteiger partial charge is 0.333 e. The van der Waals surface area contributed by atoms with E-state index in [0.717, 1.165) is 16.5 Å². The molecule has 12 heteroatoms. The Balaban J connectivity index is 1.67. The van der Waals surface area contributed by atoms with E-state index in [1.807, 2.05) is 18.2 Å². The van der Waals surface area contributed by atoms with Gasteiger partial charge in [-0.1, -0.05) is 12.1 Å². The first-order valence-corrected chi connectivity index (χ1v) is 9.06. The topological polar surface area (TPSA) is 124 Å². The average Bonchev–Trinajstić information content (AvgIpc) is 3.34. The van der Waals surface area contributed by atoms with Gasteiger partial charge in [0.05, 0.1) is 22.9 Å². The van der Waals surface area contributed by atoms with Crippen LogP contribution in [0.25, 0.3) is 22.3 Å². The molecular formula is C18H20F2N10. The van der Waals surface area contributed by atoms with Crippen LogP contribution < -0.4 is 16.5 Å². The van der Waals surface area contributed by atoms with E-state index in [1.54, 1.807) is 31.9 Å². The van der Waals surface area contributed by atoms with Crippen molar-refractivity contribution in [3.63, 3.8) is 0 Å². The largest absolute Gasteiger partial charge is 0.368 e. The molecule has 4 aromatic rings. The van der Waals surface area contributed by atoms with E-state index in [1.165, 1.54) is 12.3 Å². The van der Waals surface area contributed by atoms with E-state index in [-0.39, 0.29) is 11.9 Å². The molecular weight excluding hydrogens is 394 g/mol. The standard InChI is InChI=1S/C18H20F2N10/c1-18(2,13-6-7-29(28-13)15(19)20)27-17-25-14(24-16(21)26-17)10-4-5-11-9-23-30(22-3)12(11)8-10/h4-9,15,22H,1-3H3,(H3,21,24,25,26,27). The zero-order valence-electron chi connectivity index (χ0n) is 16.5. The summed E-state index contributed by atoms with van der Waals surface area (Å²) in [6.45, 7) is 0.847. The molecule has 0 unspecified atom stereocenters. The molecule has 3 aromatic heterocycles. The second kappa shape index (κ2) is 7.21. The Morgan fingerprint density at radius 2 is 1.93 bits per heavy atom. The van der Waals surface area contributed by atoms with Crippen molar-refractivity contribution in [1.29, 1.82) is 0 Å². The van der Waals surface area contributed by atoms with Crippen LogP contribution in [0.3, 0.4) is 0 Å². The van der Waals surface area contributed by atoms with Crippen molar-refractivity contribution in [2.75, 3.05) is 23.5 Å². The number of rotatable bonds is 6. The molecule has 0 atom stereocenters. The summed E-state index contributed by atoms with van der Waals surface area (Å²) < 4.78 is 26.3. The molecule has 30 heavy (non-hydrogen) atoms. The molecule has 3 heterocycles. The molecule has 0 aliphatic rings. The summed E-state index contributed by atoms with van der Waals surface area (Å²) in [5.74, 6) is 0.597. The van der Waals surface area contributed by atoms with Crippen molar-refractivity contribution >= 4 is 22.8 Å². The predicted molar refractivity (Wildman–Crippen MR) is 108 cm³/mol. The molecule has 0 saturated heterocycles. The molecule has 0 radical (unpaired) electrons. The molecule has 0 saturated carbocycles. The highest BCUT2D eigenvalue weighted by atomic mass is 19.3. The minimum Gasteiger partial charge on any atom is -0.368 e. The maximum Gasteiger partial charge on any atom is 0.333 e. The summed E-state index contributed by atoms with van der Waals surface area (Å²) in [6.07, 6.45) is 2.96. The maximum atomic E-state index is 12.9. The van der Waals surface area contributed by atoms with Crippen LogP contribution in [-0.2, 0) is 5.54 Å². The monoisotopic (exact) mass is 414 g/mol. The number of hydrogen-bond acceptors (Lipinski definition) is 8. The number of nitrogens with two attached hydrogens (primary N) is 1. The van der Waals surface area contributed by atoms with Gasteiger partial charge in [0.15, 0.2) is 5.82 Å². The summed E-state index contributed by atoms with van der Waals surface area (Å²) >= 11 is 0. The number of nitrogen functional groups attached to an aromatic ring is 1. The number of aromatic nitrogens is 7. The van der Waals surface area contributed by atoms with Gasteiger partial charge < -0.3 is 16.5 Å². The summed E-state index contributed by atoms with van der Waals surface area (Å²) in [7, 11) is 1.76. The first kappa shape index (κ1) is 19.5. The number of halogens is 2. The van der Waals surface area contributed by atoms with Crippen LogP contribution in [0, 0.1) is 0 Å². The Labute approximate surface area is 170 Å². The molecule has 0 bridgehead atoms. The van der Waals surface area contributed by atoms with E-state index < -0.39 is 12.1 Å². The summed E-state index contributed by atoms with van der Waals surface area (Å²) in [5.41, 5.74) is 10.00.